The van der Waals surface area contributed by atoms with Gasteiger partial charge in [0.1, 0.15) is 16.8 Å². The maximum atomic E-state index is 9.20. The molecule has 3 nitrogen and oxygen atoms in total. The molecule has 1 saturated carbocycles. The molecule has 1 aromatic carbocycles. The third kappa shape index (κ3) is 2.54. The topological polar surface area (TPSA) is 41.6 Å². The van der Waals surface area contributed by atoms with Crippen LogP contribution >= 0.6 is 27.5 Å². The van der Waals surface area contributed by atoms with E-state index in [2.05, 4.69) is 27.1 Å². The maximum absolute atomic E-state index is 9.20. The fraction of sp³-hybridized carbons (Fsp3) is 0.286. The van der Waals surface area contributed by atoms with Crippen molar-refractivity contribution < 1.29 is 0 Å². The molecular weight excluding hydrogens is 326 g/mol. The molecule has 1 fully saturated rings. The number of rotatable bonds is 3. The molecule has 5 heteroatoms. The number of hydrogen-bond donors (Lipinski definition) is 0. The minimum atomic E-state index is 0.427. The average molecular weight is 337 g/mol. The third-order valence-electron chi connectivity index (χ3n) is 3.21. The molecule has 0 aliphatic heterocycles. The highest BCUT2D eigenvalue weighted by atomic mass is 79.9. The van der Waals surface area contributed by atoms with E-state index in [4.69, 9.17) is 11.6 Å². The van der Waals surface area contributed by atoms with E-state index in [0.29, 0.717) is 23.2 Å². The van der Waals surface area contributed by atoms with Crippen molar-refractivity contribution in [3.05, 3.63) is 50.7 Å². The van der Waals surface area contributed by atoms with Crippen molar-refractivity contribution in [2.24, 2.45) is 0 Å². The van der Waals surface area contributed by atoms with Crippen LogP contribution in [0.1, 0.15) is 35.6 Å². The van der Waals surface area contributed by atoms with Gasteiger partial charge in [-0.25, -0.2) is 4.68 Å². The lowest BCUT2D eigenvalue weighted by atomic mass is 10.2. The molecule has 1 heterocycles. The molecule has 1 aromatic heterocycles. The Morgan fingerprint density at radius 1 is 1.47 bits per heavy atom. The molecule has 0 atom stereocenters. The minimum absolute atomic E-state index is 0.427. The number of nitriles is 1. The van der Waals surface area contributed by atoms with Gasteiger partial charge in [-0.1, -0.05) is 39.7 Å². The summed E-state index contributed by atoms with van der Waals surface area (Å²) in [6.45, 7) is 0.583. The molecule has 0 radical (unpaired) electrons. The Morgan fingerprint density at radius 2 is 2.26 bits per heavy atom. The zero-order chi connectivity index (χ0) is 13.4. The first-order valence-electron chi connectivity index (χ1n) is 6.10. The molecule has 0 saturated heterocycles. The number of hydrogen-bond acceptors (Lipinski definition) is 2. The smallest absolute Gasteiger partial charge is 0.145 e. The zero-order valence-corrected chi connectivity index (χ0v) is 12.4. The molecule has 0 bridgehead atoms. The van der Waals surface area contributed by atoms with Crippen LogP contribution in [0.3, 0.4) is 0 Å². The van der Waals surface area contributed by atoms with Crippen LogP contribution in [0.15, 0.2) is 28.7 Å². The summed E-state index contributed by atoms with van der Waals surface area (Å²) in [5.74, 6) is 0.427. The minimum Gasteiger partial charge on any atom is -0.248 e. The summed E-state index contributed by atoms with van der Waals surface area (Å²) in [6.07, 6.45) is 2.22. The summed E-state index contributed by atoms with van der Waals surface area (Å²) in [6, 6.07) is 10.2. The Bertz CT molecular complexity index is 668. The van der Waals surface area contributed by atoms with Crippen LogP contribution in [-0.2, 0) is 6.54 Å². The van der Waals surface area contributed by atoms with E-state index >= 15 is 0 Å². The predicted octanol–water partition coefficient (Wildman–Crippen LogP) is 4.10. The normalized spacial score (nSPS) is 14.4. The van der Waals surface area contributed by atoms with Crippen molar-refractivity contribution >= 4 is 27.5 Å². The van der Waals surface area contributed by atoms with Crippen molar-refractivity contribution in [3.8, 4) is 6.07 Å². The summed E-state index contributed by atoms with van der Waals surface area (Å²) in [4.78, 5) is 0. The van der Waals surface area contributed by atoms with Crippen molar-refractivity contribution in [2.45, 2.75) is 25.3 Å². The van der Waals surface area contributed by atoms with Crippen LogP contribution < -0.4 is 0 Å². The zero-order valence-electron chi connectivity index (χ0n) is 10.1. The van der Waals surface area contributed by atoms with E-state index in [0.717, 1.165) is 28.6 Å². The molecule has 19 heavy (non-hydrogen) atoms. The first-order chi connectivity index (χ1) is 9.19. The number of aromatic nitrogens is 2. The maximum Gasteiger partial charge on any atom is 0.145 e. The lowest BCUT2D eigenvalue weighted by Gasteiger charge is -2.03. The van der Waals surface area contributed by atoms with Gasteiger partial charge in [0.15, 0.2) is 0 Å². The molecule has 0 N–H and O–H groups in total. The van der Waals surface area contributed by atoms with Gasteiger partial charge in [-0.3, -0.25) is 0 Å². The SMILES string of the molecule is N#Cc1c(C2CC2)nn(Cc2cccc(Br)c2)c1Cl. The van der Waals surface area contributed by atoms with E-state index in [1.165, 1.54) is 0 Å². The Kier molecular flexibility index (Phi) is 3.34. The lowest BCUT2D eigenvalue weighted by Crippen LogP contribution is -2.02. The highest BCUT2D eigenvalue weighted by Gasteiger charge is 2.31. The second kappa shape index (κ2) is 4.99. The van der Waals surface area contributed by atoms with Gasteiger partial charge in [-0.15, -0.1) is 0 Å². The molecule has 2 aromatic rings. The van der Waals surface area contributed by atoms with Crippen LogP contribution in [0, 0.1) is 11.3 Å². The van der Waals surface area contributed by atoms with E-state index in [-0.39, 0.29) is 0 Å². The van der Waals surface area contributed by atoms with Crippen LogP contribution in [0.4, 0.5) is 0 Å². The van der Waals surface area contributed by atoms with Crippen LogP contribution in [0.25, 0.3) is 0 Å². The van der Waals surface area contributed by atoms with Gasteiger partial charge in [0.05, 0.1) is 12.2 Å². The Hall–Kier alpha value is -1.31. The Balaban J connectivity index is 1.95. The van der Waals surface area contributed by atoms with Gasteiger partial charge in [0.25, 0.3) is 0 Å². The second-order valence-corrected chi connectivity index (χ2v) is 6.00. The van der Waals surface area contributed by atoms with Crippen molar-refractivity contribution in [3.63, 3.8) is 0 Å². The Morgan fingerprint density at radius 3 is 2.89 bits per heavy atom. The molecule has 0 unspecified atom stereocenters. The van der Waals surface area contributed by atoms with E-state index in [1.54, 1.807) is 4.68 Å². The average Bonchev–Trinajstić information content (AvgIpc) is 3.17. The summed E-state index contributed by atoms with van der Waals surface area (Å²) in [5.41, 5.74) is 2.51. The van der Waals surface area contributed by atoms with Gasteiger partial charge >= 0.3 is 0 Å². The number of nitrogens with zero attached hydrogens (tertiary/aromatic N) is 3. The molecule has 1 aliphatic carbocycles. The first kappa shape index (κ1) is 12.7. The van der Waals surface area contributed by atoms with E-state index in [1.807, 2.05) is 24.3 Å². The summed E-state index contributed by atoms with van der Waals surface area (Å²) in [5, 5.41) is 14.2. The molecular formula is C14H11BrClN3. The summed E-state index contributed by atoms with van der Waals surface area (Å²) in [7, 11) is 0. The number of benzene rings is 1. The monoisotopic (exact) mass is 335 g/mol. The van der Waals surface area contributed by atoms with Gasteiger partial charge in [-0.2, -0.15) is 10.4 Å². The lowest BCUT2D eigenvalue weighted by molar-refractivity contribution is 0.673. The van der Waals surface area contributed by atoms with Crippen molar-refractivity contribution in [2.75, 3.05) is 0 Å². The molecule has 1 aliphatic rings. The van der Waals surface area contributed by atoms with Gasteiger partial charge in [-0.05, 0) is 30.5 Å². The molecule has 3 rings (SSSR count). The molecule has 0 spiro atoms. The number of halogens is 2. The van der Waals surface area contributed by atoms with Gasteiger partial charge in [0, 0.05) is 10.4 Å². The standard InChI is InChI=1S/C14H11BrClN3/c15-11-3-1-2-9(6-11)8-19-14(16)12(7-17)13(18-19)10-4-5-10/h1-3,6,10H,4-5,8H2. The first-order valence-corrected chi connectivity index (χ1v) is 7.27. The van der Waals surface area contributed by atoms with Gasteiger partial charge < -0.3 is 0 Å². The summed E-state index contributed by atoms with van der Waals surface area (Å²) < 4.78 is 2.74. The van der Waals surface area contributed by atoms with Gasteiger partial charge in [0.2, 0.25) is 0 Å². The molecule has 0 amide bonds. The van der Waals surface area contributed by atoms with Crippen molar-refractivity contribution in [1.82, 2.24) is 9.78 Å². The Labute approximate surface area is 124 Å². The fourth-order valence-corrected chi connectivity index (χ4v) is 2.80. The highest BCUT2D eigenvalue weighted by molar-refractivity contribution is 9.10. The summed E-state index contributed by atoms with van der Waals surface area (Å²) >= 11 is 9.70. The predicted molar refractivity (Wildman–Crippen MR) is 77.2 cm³/mol. The third-order valence-corrected chi connectivity index (χ3v) is 4.09. The second-order valence-electron chi connectivity index (χ2n) is 4.72. The highest BCUT2D eigenvalue weighted by Crippen LogP contribution is 2.42. The largest absolute Gasteiger partial charge is 0.248 e. The van der Waals surface area contributed by atoms with Crippen LogP contribution in [0.5, 0.6) is 0 Å². The van der Waals surface area contributed by atoms with E-state index < -0.39 is 0 Å². The van der Waals surface area contributed by atoms with Crippen LogP contribution in [0.2, 0.25) is 5.15 Å². The quantitative estimate of drug-likeness (QED) is 0.847. The molecule has 96 valence electrons. The van der Waals surface area contributed by atoms with E-state index in [9.17, 15) is 5.26 Å². The fourth-order valence-electron chi connectivity index (χ4n) is 2.12. The van der Waals surface area contributed by atoms with Crippen molar-refractivity contribution in [1.29, 1.82) is 5.26 Å². The van der Waals surface area contributed by atoms with Crippen LogP contribution in [-0.4, -0.2) is 9.78 Å².